The first kappa shape index (κ1) is 12.4. The molecule has 4 heteroatoms. The van der Waals surface area contributed by atoms with Gasteiger partial charge in [0.2, 0.25) is 0 Å². The second-order valence-corrected chi connectivity index (χ2v) is 3.40. The van der Waals surface area contributed by atoms with Gasteiger partial charge in [-0.2, -0.15) is 5.26 Å². The molecule has 1 rings (SSSR count). The van der Waals surface area contributed by atoms with Crippen molar-refractivity contribution in [3.63, 3.8) is 0 Å². The molecule has 2 nitrogen and oxygen atoms in total. The van der Waals surface area contributed by atoms with E-state index in [2.05, 4.69) is 0 Å². The summed E-state index contributed by atoms with van der Waals surface area (Å²) in [6.45, 7) is 2.44. The van der Waals surface area contributed by atoms with E-state index in [-0.39, 0.29) is 17.7 Å². The second-order valence-electron chi connectivity index (χ2n) is 3.40. The Morgan fingerprint density at radius 2 is 1.94 bits per heavy atom. The second kappa shape index (κ2) is 6.06. The van der Waals surface area contributed by atoms with E-state index in [0.717, 1.165) is 25.0 Å². The minimum Gasteiger partial charge on any atom is -0.493 e. The van der Waals surface area contributed by atoms with Crippen LogP contribution in [0.25, 0.3) is 0 Å². The average Bonchev–Trinajstić information content (AvgIpc) is 2.24. The maximum atomic E-state index is 13.3. The van der Waals surface area contributed by atoms with Crippen LogP contribution in [0.15, 0.2) is 12.1 Å². The Morgan fingerprint density at radius 3 is 2.44 bits per heavy atom. The van der Waals surface area contributed by atoms with Gasteiger partial charge < -0.3 is 4.74 Å². The van der Waals surface area contributed by atoms with Gasteiger partial charge in [-0.15, -0.1) is 0 Å². The van der Waals surface area contributed by atoms with Crippen LogP contribution in [0.3, 0.4) is 0 Å². The normalized spacial score (nSPS) is 9.88. The zero-order valence-corrected chi connectivity index (χ0v) is 9.09. The van der Waals surface area contributed by atoms with Crippen molar-refractivity contribution in [1.82, 2.24) is 0 Å². The molecule has 0 atom stereocenters. The number of hydrogen-bond acceptors (Lipinski definition) is 2. The first-order valence-corrected chi connectivity index (χ1v) is 5.16. The SMILES string of the molecule is CCCCOc1cc(F)c(CC#N)c(F)c1. The summed E-state index contributed by atoms with van der Waals surface area (Å²) in [6.07, 6.45) is 1.52. The van der Waals surface area contributed by atoms with Gasteiger partial charge in [0.15, 0.2) is 0 Å². The van der Waals surface area contributed by atoms with Gasteiger partial charge in [0.1, 0.15) is 17.4 Å². The Hall–Kier alpha value is -1.63. The van der Waals surface area contributed by atoms with Crippen LogP contribution in [0.5, 0.6) is 5.75 Å². The fraction of sp³-hybridized carbons (Fsp3) is 0.417. The lowest BCUT2D eigenvalue weighted by molar-refractivity contribution is 0.305. The summed E-state index contributed by atoms with van der Waals surface area (Å²) in [7, 11) is 0. The summed E-state index contributed by atoms with van der Waals surface area (Å²) in [4.78, 5) is 0. The molecule has 0 saturated carbocycles. The van der Waals surface area contributed by atoms with Crippen molar-refractivity contribution in [2.24, 2.45) is 0 Å². The van der Waals surface area contributed by atoms with Crippen molar-refractivity contribution in [1.29, 1.82) is 5.26 Å². The maximum Gasteiger partial charge on any atom is 0.134 e. The summed E-state index contributed by atoms with van der Waals surface area (Å²) >= 11 is 0. The van der Waals surface area contributed by atoms with Crippen LogP contribution in [0.4, 0.5) is 8.78 Å². The summed E-state index contributed by atoms with van der Waals surface area (Å²) < 4.78 is 31.9. The first-order valence-electron chi connectivity index (χ1n) is 5.16. The molecule has 0 N–H and O–H groups in total. The fourth-order valence-corrected chi connectivity index (χ4v) is 1.25. The molecule has 0 heterocycles. The predicted octanol–water partition coefficient (Wildman–Crippen LogP) is 3.21. The molecule has 0 fully saturated rings. The molecule has 0 amide bonds. The molecule has 1 aromatic carbocycles. The molecule has 0 aromatic heterocycles. The molecular formula is C12H13F2NO. The van der Waals surface area contributed by atoms with Gasteiger partial charge in [-0.25, -0.2) is 8.78 Å². The highest BCUT2D eigenvalue weighted by atomic mass is 19.1. The number of hydrogen-bond donors (Lipinski definition) is 0. The zero-order chi connectivity index (χ0) is 12.0. The molecule has 1 aromatic rings. The topological polar surface area (TPSA) is 33.0 Å². The number of unbranched alkanes of at least 4 members (excludes halogenated alkanes) is 1. The Kier molecular flexibility index (Phi) is 4.71. The van der Waals surface area contributed by atoms with Crippen molar-refractivity contribution in [2.45, 2.75) is 26.2 Å². The van der Waals surface area contributed by atoms with Crippen molar-refractivity contribution >= 4 is 0 Å². The predicted molar refractivity (Wildman–Crippen MR) is 56.1 cm³/mol. The highest BCUT2D eigenvalue weighted by molar-refractivity contribution is 5.32. The smallest absolute Gasteiger partial charge is 0.134 e. The number of nitrogens with zero attached hydrogens (tertiary/aromatic N) is 1. The molecular weight excluding hydrogens is 212 g/mol. The zero-order valence-electron chi connectivity index (χ0n) is 9.09. The van der Waals surface area contributed by atoms with Crippen LogP contribution >= 0.6 is 0 Å². The summed E-state index contributed by atoms with van der Waals surface area (Å²) in [5.41, 5.74) is -0.203. The van der Waals surface area contributed by atoms with Gasteiger partial charge in [0.25, 0.3) is 0 Å². The number of rotatable bonds is 5. The standard InChI is InChI=1S/C12H13F2NO/c1-2-3-6-16-9-7-11(13)10(4-5-15)12(14)8-9/h7-8H,2-4,6H2,1H3. The van der Waals surface area contributed by atoms with E-state index in [1.54, 1.807) is 6.07 Å². The van der Waals surface area contributed by atoms with Crippen LogP contribution in [0.1, 0.15) is 25.3 Å². The third kappa shape index (κ3) is 3.20. The molecule has 0 spiro atoms. The largest absolute Gasteiger partial charge is 0.493 e. The molecule has 0 aliphatic rings. The highest BCUT2D eigenvalue weighted by Crippen LogP contribution is 2.21. The minimum atomic E-state index is -0.729. The van der Waals surface area contributed by atoms with E-state index >= 15 is 0 Å². The van der Waals surface area contributed by atoms with Crippen LogP contribution in [-0.2, 0) is 6.42 Å². The minimum absolute atomic E-state index is 0.171. The molecule has 0 aliphatic heterocycles. The number of ether oxygens (including phenoxy) is 1. The highest BCUT2D eigenvalue weighted by Gasteiger charge is 2.11. The molecule has 0 aliphatic carbocycles. The van der Waals surface area contributed by atoms with Gasteiger partial charge in [-0.05, 0) is 6.42 Å². The molecule has 86 valence electrons. The Balaban J connectivity index is 2.79. The van der Waals surface area contributed by atoms with Gasteiger partial charge >= 0.3 is 0 Å². The van der Waals surface area contributed by atoms with Crippen molar-refractivity contribution in [2.75, 3.05) is 6.61 Å². The van der Waals surface area contributed by atoms with Crippen molar-refractivity contribution in [3.8, 4) is 11.8 Å². The lowest BCUT2D eigenvalue weighted by Crippen LogP contribution is -2.00. The average molecular weight is 225 g/mol. The van der Waals surface area contributed by atoms with Crippen molar-refractivity contribution in [3.05, 3.63) is 29.3 Å². The van der Waals surface area contributed by atoms with E-state index in [0.29, 0.717) is 6.61 Å². The van der Waals surface area contributed by atoms with Crippen LogP contribution in [-0.4, -0.2) is 6.61 Å². The van der Waals surface area contributed by atoms with Crippen LogP contribution in [0.2, 0.25) is 0 Å². The molecule has 0 radical (unpaired) electrons. The van der Waals surface area contributed by atoms with Gasteiger partial charge in [-0.3, -0.25) is 0 Å². The van der Waals surface area contributed by atoms with Gasteiger partial charge in [-0.1, -0.05) is 13.3 Å². The Morgan fingerprint density at radius 1 is 1.31 bits per heavy atom. The summed E-state index contributed by atoms with van der Waals surface area (Å²) in [5, 5.41) is 8.40. The van der Waals surface area contributed by atoms with Gasteiger partial charge in [0, 0.05) is 17.7 Å². The van der Waals surface area contributed by atoms with E-state index < -0.39 is 11.6 Å². The molecule has 0 saturated heterocycles. The summed E-state index contributed by atoms with van der Waals surface area (Å²) in [5.74, 6) is -1.29. The van der Waals surface area contributed by atoms with Crippen molar-refractivity contribution < 1.29 is 13.5 Å². The van der Waals surface area contributed by atoms with Crippen LogP contribution in [0, 0.1) is 23.0 Å². The third-order valence-corrected chi connectivity index (χ3v) is 2.14. The summed E-state index contributed by atoms with van der Waals surface area (Å²) in [6, 6.07) is 3.95. The van der Waals surface area contributed by atoms with E-state index in [9.17, 15) is 8.78 Å². The monoisotopic (exact) mass is 225 g/mol. The number of benzene rings is 1. The fourth-order valence-electron chi connectivity index (χ4n) is 1.25. The molecule has 16 heavy (non-hydrogen) atoms. The Bertz CT molecular complexity index is 375. The van der Waals surface area contributed by atoms with E-state index in [1.165, 1.54) is 0 Å². The van der Waals surface area contributed by atoms with E-state index in [4.69, 9.17) is 10.00 Å². The van der Waals surface area contributed by atoms with E-state index in [1.807, 2.05) is 6.92 Å². The first-order chi connectivity index (χ1) is 7.69. The van der Waals surface area contributed by atoms with Crippen LogP contribution < -0.4 is 4.74 Å². The Labute approximate surface area is 93.5 Å². The maximum absolute atomic E-state index is 13.3. The lowest BCUT2D eigenvalue weighted by Gasteiger charge is -2.07. The quantitative estimate of drug-likeness (QED) is 0.721. The third-order valence-electron chi connectivity index (χ3n) is 2.14. The van der Waals surface area contributed by atoms with Gasteiger partial charge in [0.05, 0.1) is 19.1 Å². The molecule has 0 bridgehead atoms. The molecule has 0 unspecified atom stereocenters. The number of nitriles is 1. The lowest BCUT2D eigenvalue weighted by atomic mass is 10.1. The number of halogens is 2.